The topological polar surface area (TPSA) is 102 Å². The Hall–Kier alpha value is -1.45. The number of nitrogens with one attached hydrogen (secondary N) is 2. The van der Waals surface area contributed by atoms with Gasteiger partial charge in [-0.1, -0.05) is 19.8 Å². The predicted octanol–water partition coefficient (Wildman–Crippen LogP) is 3.38. The summed E-state index contributed by atoms with van der Waals surface area (Å²) in [5.41, 5.74) is 0.0438. The summed E-state index contributed by atoms with van der Waals surface area (Å²) in [7, 11) is -3.76. The Bertz CT molecular complexity index is 856. The first-order valence-electron chi connectivity index (χ1n) is 9.84. The average Bonchev–Trinajstić information content (AvgIpc) is 2.62. The largest absolute Gasteiger partial charge is 0.449 e. The fourth-order valence-corrected chi connectivity index (χ4v) is 5.00. The van der Waals surface area contributed by atoms with Crippen molar-refractivity contribution in [2.75, 3.05) is 0 Å². The van der Waals surface area contributed by atoms with E-state index in [-0.39, 0.29) is 28.4 Å². The van der Waals surface area contributed by atoms with Gasteiger partial charge in [-0.2, -0.15) is 0 Å². The van der Waals surface area contributed by atoms with Crippen LogP contribution in [0.4, 0.5) is 0 Å². The maximum atomic E-state index is 12.6. The lowest BCUT2D eigenvalue weighted by Crippen LogP contribution is -2.46. The third kappa shape index (κ3) is 6.52. The van der Waals surface area contributed by atoms with E-state index in [4.69, 9.17) is 4.74 Å². The van der Waals surface area contributed by atoms with Crippen molar-refractivity contribution < 1.29 is 22.7 Å². The SMILES string of the molecule is CC(C)NS(=O)(=O)c1ccc(Br)c(C(=O)O[C@@H](C)C(=O)N[C@H]2CCCC[C@@H]2C)c1. The number of esters is 1. The quantitative estimate of drug-likeness (QED) is 0.572. The van der Waals surface area contributed by atoms with Gasteiger partial charge in [-0.25, -0.2) is 17.9 Å². The minimum Gasteiger partial charge on any atom is -0.449 e. The van der Waals surface area contributed by atoms with E-state index in [2.05, 4.69) is 32.9 Å². The summed E-state index contributed by atoms with van der Waals surface area (Å²) in [5, 5.41) is 2.96. The number of carbonyl (C=O) groups is 2. The van der Waals surface area contributed by atoms with Gasteiger partial charge in [0.05, 0.1) is 10.5 Å². The van der Waals surface area contributed by atoms with Crippen molar-refractivity contribution in [1.29, 1.82) is 0 Å². The third-order valence-corrected chi connectivity index (χ3v) is 7.30. The molecular weight excluding hydrogens is 460 g/mol. The van der Waals surface area contributed by atoms with E-state index in [1.54, 1.807) is 13.8 Å². The molecule has 0 aliphatic heterocycles. The molecule has 0 aromatic heterocycles. The lowest BCUT2D eigenvalue weighted by Gasteiger charge is -2.30. The second-order valence-electron chi connectivity index (χ2n) is 7.84. The molecule has 9 heteroatoms. The standard InChI is InChI=1S/C20H29BrN2O5S/c1-12(2)23-29(26,27)15-9-10-17(21)16(11-15)20(25)28-14(4)19(24)22-18-8-6-5-7-13(18)3/h9-14,18,23H,5-8H2,1-4H3,(H,22,24)/t13-,14-,18-/m0/s1. The molecule has 0 unspecified atom stereocenters. The van der Waals surface area contributed by atoms with Crippen LogP contribution < -0.4 is 10.0 Å². The smallest absolute Gasteiger partial charge is 0.340 e. The van der Waals surface area contributed by atoms with Gasteiger partial charge in [0.1, 0.15) is 0 Å². The molecule has 2 N–H and O–H groups in total. The maximum absolute atomic E-state index is 12.6. The van der Waals surface area contributed by atoms with Crippen molar-refractivity contribution in [2.24, 2.45) is 5.92 Å². The zero-order valence-electron chi connectivity index (χ0n) is 17.2. The molecule has 2 rings (SSSR count). The fraction of sp³-hybridized carbons (Fsp3) is 0.600. The highest BCUT2D eigenvalue weighted by Crippen LogP contribution is 2.25. The molecule has 1 amide bonds. The Labute approximate surface area is 181 Å². The number of hydrogen-bond donors (Lipinski definition) is 2. The Morgan fingerprint density at radius 3 is 2.45 bits per heavy atom. The van der Waals surface area contributed by atoms with E-state index in [9.17, 15) is 18.0 Å². The molecule has 1 fully saturated rings. The van der Waals surface area contributed by atoms with E-state index in [0.717, 1.165) is 25.7 Å². The van der Waals surface area contributed by atoms with Crippen LogP contribution in [0, 0.1) is 5.92 Å². The van der Waals surface area contributed by atoms with Gasteiger partial charge >= 0.3 is 5.97 Å². The summed E-state index contributed by atoms with van der Waals surface area (Å²) in [5.74, 6) is -0.726. The van der Waals surface area contributed by atoms with Crippen LogP contribution in [0.2, 0.25) is 0 Å². The highest BCUT2D eigenvalue weighted by Gasteiger charge is 2.27. The average molecular weight is 489 g/mol. The number of benzene rings is 1. The van der Waals surface area contributed by atoms with Crippen molar-refractivity contribution in [2.45, 2.75) is 76.5 Å². The van der Waals surface area contributed by atoms with E-state index in [1.807, 2.05) is 0 Å². The van der Waals surface area contributed by atoms with Crippen LogP contribution in [-0.2, 0) is 19.6 Å². The summed E-state index contributed by atoms with van der Waals surface area (Å²) in [6.07, 6.45) is 3.23. The molecular formula is C20H29BrN2O5S. The van der Waals surface area contributed by atoms with Gasteiger partial charge in [0, 0.05) is 16.6 Å². The lowest BCUT2D eigenvalue weighted by atomic mass is 9.86. The van der Waals surface area contributed by atoms with Gasteiger partial charge in [0.2, 0.25) is 10.0 Å². The second kappa shape index (κ2) is 10.0. The highest BCUT2D eigenvalue weighted by molar-refractivity contribution is 9.10. The number of carbonyl (C=O) groups excluding carboxylic acids is 2. The van der Waals surface area contributed by atoms with Gasteiger partial charge in [0.15, 0.2) is 6.10 Å². The fourth-order valence-electron chi connectivity index (χ4n) is 3.31. The highest BCUT2D eigenvalue weighted by atomic mass is 79.9. The summed E-state index contributed by atoms with van der Waals surface area (Å²) in [6.45, 7) is 7.03. The van der Waals surface area contributed by atoms with Crippen molar-refractivity contribution in [3.63, 3.8) is 0 Å². The van der Waals surface area contributed by atoms with Gasteiger partial charge in [0.25, 0.3) is 5.91 Å². The van der Waals surface area contributed by atoms with Gasteiger partial charge in [-0.05, 0) is 73.7 Å². The molecule has 1 aliphatic rings. The Balaban J connectivity index is 2.09. The maximum Gasteiger partial charge on any atom is 0.340 e. The monoisotopic (exact) mass is 488 g/mol. The van der Waals surface area contributed by atoms with Crippen LogP contribution in [0.25, 0.3) is 0 Å². The summed E-state index contributed by atoms with van der Waals surface area (Å²) in [4.78, 5) is 25.0. The Morgan fingerprint density at radius 2 is 1.83 bits per heavy atom. The summed E-state index contributed by atoms with van der Waals surface area (Å²) in [6, 6.07) is 3.90. The van der Waals surface area contributed by atoms with E-state index in [0.29, 0.717) is 10.4 Å². The number of rotatable bonds is 7. The zero-order valence-corrected chi connectivity index (χ0v) is 19.6. The first-order chi connectivity index (χ1) is 13.5. The molecule has 3 atom stereocenters. The lowest BCUT2D eigenvalue weighted by molar-refractivity contribution is -0.130. The molecule has 7 nitrogen and oxygen atoms in total. The number of ether oxygens (including phenoxy) is 1. The first-order valence-corrected chi connectivity index (χ1v) is 12.1. The van der Waals surface area contributed by atoms with Crippen molar-refractivity contribution in [1.82, 2.24) is 10.0 Å². The van der Waals surface area contributed by atoms with Crippen LogP contribution >= 0.6 is 15.9 Å². The molecule has 29 heavy (non-hydrogen) atoms. The van der Waals surface area contributed by atoms with Crippen molar-refractivity contribution in [3.8, 4) is 0 Å². The van der Waals surface area contributed by atoms with Crippen molar-refractivity contribution >= 4 is 37.8 Å². The minimum absolute atomic E-state index is 0.0438. The van der Waals surface area contributed by atoms with Crippen molar-refractivity contribution in [3.05, 3.63) is 28.2 Å². The molecule has 1 aromatic rings. The Kier molecular flexibility index (Phi) is 8.25. The predicted molar refractivity (Wildman–Crippen MR) is 114 cm³/mol. The number of amides is 1. The molecule has 162 valence electrons. The number of hydrogen-bond acceptors (Lipinski definition) is 5. The Morgan fingerprint density at radius 1 is 1.17 bits per heavy atom. The van der Waals surface area contributed by atoms with E-state index < -0.39 is 22.1 Å². The normalized spacial score (nSPS) is 20.9. The molecule has 0 heterocycles. The molecule has 1 aliphatic carbocycles. The first kappa shape index (κ1) is 23.8. The van der Waals surface area contributed by atoms with Crippen LogP contribution in [0.1, 0.15) is 63.7 Å². The molecule has 0 saturated heterocycles. The molecule has 0 radical (unpaired) electrons. The van der Waals surface area contributed by atoms with Gasteiger partial charge in [-0.15, -0.1) is 0 Å². The minimum atomic E-state index is -3.76. The zero-order chi connectivity index (χ0) is 21.8. The summed E-state index contributed by atoms with van der Waals surface area (Å²) < 4.78 is 32.9. The van der Waals surface area contributed by atoms with Crippen LogP contribution in [0.3, 0.4) is 0 Å². The molecule has 0 bridgehead atoms. The van der Waals surface area contributed by atoms with Crippen LogP contribution in [0.15, 0.2) is 27.6 Å². The van der Waals surface area contributed by atoms with E-state index >= 15 is 0 Å². The second-order valence-corrected chi connectivity index (χ2v) is 10.4. The third-order valence-electron chi connectivity index (χ3n) is 4.95. The summed E-state index contributed by atoms with van der Waals surface area (Å²) >= 11 is 3.25. The number of sulfonamides is 1. The van der Waals surface area contributed by atoms with E-state index in [1.165, 1.54) is 25.1 Å². The molecule has 1 aromatic carbocycles. The molecule has 1 saturated carbocycles. The van der Waals surface area contributed by atoms with Crippen LogP contribution in [-0.4, -0.2) is 38.5 Å². The van der Waals surface area contributed by atoms with Gasteiger partial charge < -0.3 is 10.1 Å². The number of halogens is 1. The molecule has 0 spiro atoms. The van der Waals surface area contributed by atoms with Gasteiger partial charge in [-0.3, -0.25) is 4.79 Å². The van der Waals surface area contributed by atoms with Crippen LogP contribution in [0.5, 0.6) is 0 Å².